The lowest BCUT2D eigenvalue weighted by Gasteiger charge is -2.13. The quantitative estimate of drug-likeness (QED) is 0.0349. The van der Waals surface area contributed by atoms with Gasteiger partial charge in [-0.1, -0.05) is 235 Å². The van der Waals surface area contributed by atoms with Crippen LogP contribution in [0.5, 0.6) is 0 Å². The Hall–Kier alpha value is -3.52. The Morgan fingerprint density at radius 3 is 0.810 bits per heavy atom. The van der Waals surface area contributed by atoms with Crippen molar-refractivity contribution in [2.24, 2.45) is 0 Å². The van der Waals surface area contributed by atoms with Crippen LogP contribution < -0.4 is 11.5 Å². The molecule has 0 radical (unpaired) electrons. The summed E-state index contributed by atoms with van der Waals surface area (Å²) in [5.41, 5.74) is 25.6. The largest absolute Gasteiger partial charge is 0.399 e. The Morgan fingerprint density at radius 1 is 0.254 bits per heavy atom. The van der Waals surface area contributed by atoms with Crippen molar-refractivity contribution in [1.82, 2.24) is 0 Å². The van der Waals surface area contributed by atoms with Crippen LogP contribution >= 0.6 is 0 Å². The minimum atomic E-state index is 0.850. The summed E-state index contributed by atoms with van der Waals surface area (Å²) in [6, 6.07) is 31.7. The number of nitrogen functional groups attached to an aromatic ring is 2. The van der Waals surface area contributed by atoms with Gasteiger partial charge in [-0.15, -0.1) is 0 Å². The second-order valence-corrected chi connectivity index (χ2v) is 19.6. The maximum atomic E-state index is 5.96. The lowest BCUT2D eigenvalue weighted by molar-refractivity contribution is 0.525. The van der Waals surface area contributed by atoms with E-state index < -0.39 is 0 Å². The van der Waals surface area contributed by atoms with Gasteiger partial charge in [0.05, 0.1) is 0 Å². The van der Waals surface area contributed by atoms with Crippen LogP contribution in [0, 0.1) is 0 Å². The highest BCUT2D eigenvalue weighted by molar-refractivity contribution is 5.43. The second kappa shape index (κ2) is 33.9. The molecule has 2 nitrogen and oxygen atoms in total. The van der Waals surface area contributed by atoms with Gasteiger partial charge in [0.1, 0.15) is 0 Å². The Labute approximate surface area is 389 Å². The van der Waals surface area contributed by atoms with E-state index in [4.69, 9.17) is 11.5 Å². The minimum Gasteiger partial charge on any atom is -0.399 e. The number of unbranched alkanes of at least 4 members (excludes halogenated alkanes) is 26. The smallest absolute Gasteiger partial charge is 0.0314 e. The van der Waals surface area contributed by atoms with E-state index in [2.05, 4.69) is 74.5 Å². The second-order valence-electron chi connectivity index (χ2n) is 19.6. The van der Waals surface area contributed by atoms with Gasteiger partial charge in [-0.3, -0.25) is 0 Å². The maximum Gasteiger partial charge on any atom is 0.0314 e. The SMILES string of the molecule is CCCCCCCCc1cc(CCCCCCCCCCCCCCCCCCCc2ccc(Cc3ccc(N)cc3)c(CCCCCCCC)c2)ccc1Cc1ccc(N)cc1. The summed E-state index contributed by atoms with van der Waals surface area (Å²) in [6.07, 6.45) is 47.2. The van der Waals surface area contributed by atoms with Crippen LogP contribution in [0.4, 0.5) is 11.4 Å². The molecule has 0 heterocycles. The molecule has 4 rings (SSSR count). The predicted molar refractivity (Wildman–Crippen MR) is 280 cm³/mol. The Morgan fingerprint density at radius 2 is 0.508 bits per heavy atom. The first-order valence-corrected chi connectivity index (χ1v) is 26.9. The molecule has 0 saturated carbocycles. The molecule has 63 heavy (non-hydrogen) atoms. The number of hydrogen-bond donors (Lipinski definition) is 2. The summed E-state index contributed by atoms with van der Waals surface area (Å²) in [7, 11) is 0. The molecule has 0 aliphatic heterocycles. The molecule has 4 N–H and O–H groups in total. The average molecular weight is 855 g/mol. The van der Waals surface area contributed by atoms with Crippen LogP contribution in [-0.4, -0.2) is 0 Å². The number of nitrogens with two attached hydrogens (primary N) is 2. The van der Waals surface area contributed by atoms with Crippen molar-refractivity contribution in [1.29, 1.82) is 0 Å². The molecule has 0 fully saturated rings. The van der Waals surface area contributed by atoms with Gasteiger partial charge in [0.25, 0.3) is 0 Å². The molecular formula is C61H94N2. The average Bonchev–Trinajstić information content (AvgIpc) is 3.29. The molecule has 0 aromatic heterocycles. The number of hydrogen-bond acceptors (Lipinski definition) is 2. The standard InChI is InChI=1S/C61H94N2/c1-3-5-7-9-26-30-34-56-48-52(36-42-58(56)50-54-38-44-60(62)45-39-54)32-28-24-22-20-18-16-14-12-11-13-15-17-19-21-23-25-29-33-53-37-43-59(51-55-40-46-61(63)47-41-55)57(49-53)35-31-27-10-8-6-4-2/h36-49H,3-35,50-51,62-63H2,1-2H3. The molecule has 0 amide bonds. The summed E-state index contributed by atoms with van der Waals surface area (Å²) in [6.45, 7) is 4.61. The van der Waals surface area contributed by atoms with E-state index in [1.165, 1.54) is 234 Å². The summed E-state index contributed by atoms with van der Waals surface area (Å²) in [4.78, 5) is 0. The molecule has 2 heteroatoms. The molecule has 0 aliphatic rings. The van der Waals surface area contributed by atoms with Crippen molar-refractivity contribution in [2.45, 2.75) is 239 Å². The van der Waals surface area contributed by atoms with Crippen molar-refractivity contribution in [3.63, 3.8) is 0 Å². The summed E-state index contributed by atoms with van der Waals surface area (Å²) >= 11 is 0. The van der Waals surface area contributed by atoms with Gasteiger partial charge in [-0.05, 0) is 133 Å². The molecule has 0 atom stereocenters. The van der Waals surface area contributed by atoms with Crippen molar-refractivity contribution in [2.75, 3.05) is 11.5 Å². The van der Waals surface area contributed by atoms with Crippen molar-refractivity contribution < 1.29 is 0 Å². The third kappa shape index (κ3) is 23.8. The third-order valence-corrected chi connectivity index (χ3v) is 13.8. The highest BCUT2D eigenvalue weighted by Crippen LogP contribution is 2.24. The van der Waals surface area contributed by atoms with Crippen LogP contribution in [0.15, 0.2) is 84.9 Å². The van der Waals surface area contributed by atoms with Gasteiger partial charge in [0.2, 0.25) is 0 Å². The lowest BCUT2D eigenvalue weighted by atomic mass is 9.92. The van der Waals surface area contributed by atoms with E-state index in [9.17, 15) is 0 Å². The fourth-order valence-electron chi connectivity index (χ4n) is 9.69. The number of anilines is 2. The van der Waals surface area contributed by atoms with Crippen LogP contribution in [0.25, 0.3) is 0 Å². The van der Waals surface area contributed by atoms with E-state index in [1.807, 2.05) is 24.3 Å². The normalized spacial score (nSPS) is 11.5. The molecule has 0 saturated heterocycles. The fraction of sp³-hybridized carbons (Fsp3) is 0.607. The monoisotopic (exact) mass is 855 g/mol. The molecule has 0 spiro atoms. The number of aryl methyl sites for hydroxylation is 4. The molecule has 0 aliphatic carbocycles. The molecule has 348 valence electrons. The predicted octanol–water partition coefficient (Wildman–Crippen LogP) is 18.3. The van der Waals surface area contributed by atoms with Crippen LogP contribution in [0.3, 0.4) is 0 Å². The third-order valence-electron chi connectivity index (χ3n) is 13.8. The molecule has 0 unspecified atom stereocenters. The van der Waals surface area contributed by atoms with Crippen molar-refractivity contribution in [3.8, 4) is 0 Å². The van der Waals surface area contributed by atoms with E-state index in [0.717, 1.165) is 24.2 Å². The molecule has 4 aromatic carbocycles. The topological polar surface area (TPSA) is 52.0 Å². The Bertz CT molecular complexity index is 1580. The van der Waals surface area contributed by atoms with Crippen LogP contribution in [0.2, 0.25) is 0 Å². The lowest BCUT2D eigenvalue weighted by Crippen LogP contribution is -1.99. The van der Waals surface area contributed by atoms with Gasteiger partial charge in [-0.25, -0.2) is 0 Å². The Kier molecular flexibility index (Phi) is 28.1. The number of rotatable bonds is 38. The zero-order valence-electron chi connectivity index (χ0n) is 41.0. The zero-order chi connectivity index (χ0) is 44.4. The highest BCUT2D eigenvalue weighted by atomic mass is 14.5. The van der Waals surface area contributed by atoms with Crippen LogP contribution in [0.1, 0.15) is 245 Å². The zero-order valence-corrected chi connectivity index (χ0v) is 41.0. The van der Waals surface area contributed by atoms with Gasteiger partial charge >= 0.3 is 0 Å². The Balaban J connectivity index is 0.979. The van der Waals surface area contributed by atoms with E-state index in [-0.39, 0.29) is 0 Å². The minimum absolute atomic E-state index is 0.850. The van der Waals surface area contributed by atoms with Gasteiger partial charge in [0, 0.05) is 11.4 Å². The summed E-state index contributed by atoms with van der Waals surface area (Å²) in [5, 5.41) is 0. The van der Waals surface area contributed by atoms with Crippen LogP contribution in [-0.2, 0) is 38.5 Å². The first-order chi connectivity index (χ1) is 31.0. The van der Waals surface area contributed by atoms with Gasteiger partial charge in [-0.2, -0.15) is 0 Å². The molecular weight excluding hydrogens is 761 g/mol. The summed E-state index contributed by atoms with van der Waals surface area (Å²) in [5.74, 6) is 0. The molecule has 0 bridgehead atoms. The van der Waals surface area contributed by atoms with Gasteiger partial charge in [0.15, 0.2) is 0 Å². The van der Waals surface area contributed by atoms with Gasteiger partial charge < -0.3 is 11.5 Å². The molecule has 4 aromatic rings. The maximum absolute atomic E-state index is 5.96. The highest BCUT2D eigenvalue weighted by Gasteiger charge is 2.09. The summed E-state index contributed by atoms with van der Waals surface area (Å²) < 4.78 is 0. The van der Waals surface area contributed by atoms with E-state index in [0.29, 0.717) is 0 Å². The van der Waals surface area contributed by atoms with E-state index >= 15 is 0 Å². The van der Waals surface area contributed by atoms with Crippen molar-refractivity contribution in [3.05, 3.63) is 129 Å². The van der Waals surface area contributed by atoms with Crippen molar-refractivity contribution >= 4 is 11.4 Å². The number of benzene rings is 4. The fourth-order valence-corrected chi connectivity index (χ4v) is 9.69. The first kappa shape index (κ1) is 52.1. The van der Waals surface area contributed by atoms with E-state index in [1.54, 1.807) is 22.3 Å². The first-order valence-electron chi connectivity index (χ1n) is 26.9.